The van der Waals surface area contributed by atoms with Crippen LogP contribution in [0, 0.1) is 0 Å². The smallest absolute Gasteiger partial charge is 0.129 e. The van der Waals surface area contributed by atoms with Gasteiger partial charge in [-0.15, -0.1) is 0 Å². The minimum Gasteiger partial charge on any atom is -0.369 e. The highest BCUT2D eigenvalue weighted by atomic mass is 16.5. The van der Waals surface area contributed by atoms with Gasteiger partial charge in [0.05, 0.1) is 12.7 Å². The molecule has 1 aromatic carbocycles. The fraction of sp³-hybridized carbons (Fsp3) is 0.417. The van der Waals surface area contributed by atoms with Crippen LogP contribution in [0.5, 0.6) is 0 Å². The molecule has 1 aliphatic heterocycles. The Morgan fingerprint density at radius 2 is 2.29 bits per heavy atom. The Labute approximate surface area is 83.9 Å². The first-order chi connectivity index (χ1) is 6.77. The van der Waals surface area contributed by atoms with E-state index in [2.05, 4.69) is 12.1 Å². The number of Topliss-reactive ketones (excluding diaryl/α,β-unsaturated/α-hetero) is 1. The molecule has 0 aromatic heterocycles. The van der Waals surface area contributed by atoms with Gasteiger partial charge in [-0.2, -0.15) is 0 Å². The molecular formula is C12H14O2. The standard InChI is InChI=1S/C12H14O2/c1-9(13)6-7-12-11-5-3-2-4-10(11)8-14-12/h2-5,12H,6-8H2,1H3. The summed E-state index contributed by atoms with van der Waals surface area (Å²) in [4.78, 5) is 10.9. The third-order valence-electron chi connectivity index (χ3n) is 2.60. The van der Waals surface area contributed by atoms with Crippen molar-refractivity contribution in [1.82, 2.24) is 0 Å². The van der Waals surface area contributed by atoms with E-state index in [1.807, 2.05) is 12.1 Å². The van der Waals surface area contributed by atoms with Crippen LogP contribution in [0.2, 0.25) is 0 Å². The van der Waals surface area contributed by atoms with Crippen LogP contribution in [0.15, 0.2) is 24.3 Å². The molecule has 1 heterocycles. The molecular weight excluding hydrogens is 176 g/mol. The molecule has 0 bridgehead atoms. The van der Waals surface area contributed by atoms with Gasteiger partial charge in [0.15, 0.2) is 0 Å². The Bertz CT molecular complexity index is 344. The fourth-order valence-corrected chi connectivity index (χ4v) is 1.83. The van der Waals surface area contributed by atoms with Gasteiger partial charge in [0, 0.05) is 6.42 Å². The van der Waals surface area contributed by atoms with E-state index < -0.39 is 0 Å². The number of ether oxygens (including phenoxy) is 1. The van der Waals surface area contributed by atoms with E-state index in [-0.39, 0.29) is 11.9 Å². The molecule has 1 unspecified atom stereocenters. The summed E-state index contributed by atoms with van der Waals surface area (Å²) in [7, 11) is 0. The molecule has 0 N–H and O–H groups in total. The molecule has 0 spiro atoms. The lowest BCUT2D eigenvalue weighted by Crippen LogP contribution is -1.99. The number of ketones is 1. The number of fused-ring (bicyclic) bond motifs is 1. The van der Waals surface area contributed by atoms with Gasteiger partial charge >= 0.3 is 0 Å². The van der Waals surface area contributed by atoms with E-state index in [4.69, 9.17) is 4.74 Å². The zero-order chi connectivity index (χ0) is 9.97. The fourth-order valence-electron chi connectivity index (χ4n) is 1.83. The summed E-state index contributed by atoms with van der Waals surface area (Å²) in [6.45, 7) is 2.32. The number of rotatable bonds is 3. The van der Waals surface area contributed by atoms with Crippen molar-refractivity contribution in [2.24, 2.45) is 0 Å². The molecule has 0 radical (unpaired) electrons. The van der Waals surface area contributed by atoms with E-state index in [9.17, 15) is 4.79 Å². The monoisotopic (exact) mass is 190 g/mol. The lowest BCUT2D eigenvalue weighted by Gasteiger charge is -2.09. The number of carbonyl (C=O) groups excluding carboxylic acids is 1. The Balaban J connectivity index is 2.07. The van der Waals surface area contributed by atoms with Crippen molar-refractivity contribution in [3.63, 3.8) is 0 Å². The molecule has 0 aliphatic carbocycles. The summed E-state index contributed by atoms with van der Waals surface area (Å²) in [5, 5.41) is 0. The van der Waals surface area contributed by atoms with E-state index in [0.717, 1.165) is 6.42 Å². The molecule has 74 valence electrons. The summed E-state index contributed by atoms with van der Waals surface area (Å²) in [5.74, 6) is 0.234. The van der Waals surface area contributed by atoms with Crippen LogP contribution >= 0.6 is 0 Å². The molecule has 0 amide bonds. The highest BCUT2D eigenvalue weighted by Crippen LogP contribution is 2.33. The highest BCUT2D eigenvalue weighted by molar-refractivity contribution is 5.75. The second-order valence-electron chi connectivity index (χ2n) is 3.74. The lowest BCUT2D eigenvalue weighted by molar-refractivity contribution is -0.117. The van der Waals surface area contributed by atoms with Crippen molar-refractivity contribution in [3.05, 3.63) is 35.4 Å². The van der Waals surface area contributed by atoms with Gasteiger partial charge in [0.1, 0.15) is 5.78 Å². The quantitative estimate of drug-likeness (QED) is 0.732. The van der Waals surface area contributed by atoms with Gasteiger partial charge in [-0.1, -0.05) is 24.3 Å². The number of hydrogen-bond donors (Lipinski definition) is 0. The largest absolute Gasteiger partial charge is 0.369 e. The molecule has 0 fully saturated rings. The number of carbonyl (C=O) groups is 1. The summed E-state index contributed by atoms with van der Waals surface area (Å²) >= 11 is 0. The minimum atomic E-state index is 0.134. The van der Waals surface area contributed by atoms with Crippen molar-refractivity contribution in [1.29, 1.82) is 0 Å². The summed E-state index contributed by atoms with van der Waals surface area (Å²) < 4.78 is 5.62. The predicted octanol–water partition coefficient (Wildman–Crippen LogP) is 2.63. The van der Waals surface area contributed by atoms with E-state index >= 15 is 0 Å². The van der Waals surface area contributed by atoms with Crippen molar-refractivity contribution < 1.29 is 9.53 Å². The summed E-state index contributed by atoms with van der Waals surface area (Å²) in [6.07, 6.45) is 1.56. The average Bonchev–Trinajstić information content (AvgIpc) is 2.58. The van der Waals surface area contributed by atoms with Gasteiger partial charge in [-0.05, 0) is 24.5 Å². The predicted molar refractivity (Wildman–Crippen MR) is 53.9 cm³/mol. The van der Waals surface area contributed by atoms with Crippen molar-refractivity contribution in [3.8, 4) is 0 Å². The van der Waals surface area contributed by atoms with Gasteiger partial charge in [-0.25, -0.2) is 0 Å². The Morgan fingerprint density at radius 3 is 3.07 bits per heavy atom. The van der Waals surface area contributed by atoms with E-state index in [1.165, 1.54) is 11.1 Å². The SMILES string of the molecule is CC(=O)CCC1OCc2ccccc21. The normalized spacial score (nSPS) is 19.4. The maximum atomic E-state index is 10.9. The van der Waals surface area contributed by atoms with Gasteiger partial charge in [0.25, 0.3) is 0 Å². The van der Waals surface area contributed by atoms with E-state index in [0.29, 0.717) is 13.0 Å². The third-order valence-corrected chi connectivity index (χ3v) is 2.60. The van der Waals surface area contributed by atoms with Crippen LogP contribution in [0.1, 0.15) is 37.0 Å². The molecule has 1 aliphatic rings. The molecule has 0 saturated heterocycles. The molecule has 1 atom stereocenters. The van der Waals surface area contributed by atoms with Gasteiger partial charge in [-0.3, -0.25) is 0 Å². The summed E-state index contributed by atoms with van der Waals surface area (Å²) in [6, 6.07) is 8.22. The van der Waals surface area contributed by atoms with Crippen LogP contribution in [-0.2, 0) is 16.1 Å². The Hall–Kier alpha value is -1.15. The van der Waals surface area contributed by atoms with Crippen molar-refractivity contribution in [2.75, 3.05) is 0 Å². The van der Waals surface area contributed by atoms with Gasteiger partial charge in [0.2, 0.25) is 0 Å². The topological polar surface area (TPSA) is 26.3 Å². The molecule has 1 aromatic rings. The van der Waals surface area contributed by atoms with Crippen LogP contribution in [0.4, 0.5) is 0 Å². The first kappa shape index (κ1) is 9.41. The average molecular weight is 190 g/mol. The van der Waals surface area contributed by atoms with Crippen LogP contribution in [0.3, 0.4) is 0 Å². The Morgan fingerprint density at radius 1 is 1.50 bits per heavy atom. The molecule has 2 rings (SSSR count). The molecule has 2 nitrogen and oxygen atoms in total. The Kier molecular flexibility index (Phi) is 2.64. The number of benzene rings is 1. The molecule has 14 heavy (non-hydrogen) atoms. The van der Waals surface area contributed by atoms with E-state index in [1.54, 1.807) is 6.92 Å². The van der Waals surface area contributed by atoms with Crippen LogP contribution < -0.4 is 0 Å². The maximum absolute atomic E-state index is 10.9. The minimum absolute atomic E-state index is 0.134. The van der Waals surface area contributed by atoms with Gasteiger partial charge < -0.3 is 9.53 Å². The second kappa shape index (κ2) is 3.93. The number of hydrogen-bond acceptors (Lipinski definition) is 2. The zero-order valence-corrected chi connectivity index (χ0v) is 8.32. The molecule has 0 saturated carbocycles. The van der Waals surface area contributed by atoms with Crippen LogP contribution in [-0.4, -0.2) is 5.78 Å². The zero-order valence-electron chi connectivity index (χ0n) is 8.32. The second-order valence-corrected chi connectivity index (χ2v) is 3.74. The maximum Gasteiger partial charge on any atom is 0.129 e. The highest BCUT2D eigenvalue weighted by Gasteiger charge is 2.22. The van der Waals surface area contributed by atoms with Crippen molar-refractivity contribution in [2.45, 2.75) is 32.5 Å². The molecule has 2 heteroatoms. The first-order valence-electron chi connectivity index (χ1n) is 4.96. The summed E-state index contributed by atoms with van der Waals surface area (Å²) in [5.41, 5.74) is 2.52. The van der Waals surface area contributed by atoms with Crippen molar-refractivity contribution >= 4 is 5.78 Å². The third kappa shape index (κ3) is 1.85. The van der Waals surface area contributed by atoms with Crippen LogP contribution in [0.25, 0.3) is 0 Å². The first-order valence-corrected chi connectivity index (χ1v) is 4.96. The lowest BCUT2D eigenvalue weighted by atomic mass is 10.0.